The molecule has 1 aliphatic rings. The van der Waals surface area contributed by atoms with Crippen molar-refractivity contribution in [3.05, 3.63) is 0 Å². The van der Waals surface area contributed by atoms with Crippen LogP contribution in [0.3, 0.4) is 0 Å². The standard InChI is InChI=1S/C14H29N/c1-5-7-13-9-8-12(6-2)11(3)14(13,4)10-15/h11-13H,5-10,15H2,1-4H3/t11?,12?,13?,14-/m0/s1. The molecule has 15 heavy (non-hydrogen) atoms. The van der Waals surface area contributed by atoms with Crippen molar-refractivity contribution >= 4 is 0 Å². The molecule has 1 heteroatoms. The summed E-state index contributed by atoms with van der Waals surface area (Å²) in [5.41, 5.74) is 6.46. The highest BCUT2D eigenvalue weighted by Gasteiger charge is 2.43. The van der Waals surface area contributed by atoms with E-state index in [2.05, 4.69) is 27.7 Å². The third-order valence-electron chi connectivity index (χ3n) is 5.17. The predicted octanol–water partition coefficient (Wildman–Crippen LogP) is 3.82. The fraction of sp³-hybridized carbons (Fsp3) is 1.00. The van der Waals surface area contributed by atoms with Gasteiger partial charge in [0.25, 0.3) is 0 Å². The summed E-state index contributed by atoms with van der Waals surface area (Å²) in [7, 11) is 0. The van der Waals surface area contributed by atoms with Crippen molar-refractivity contribution in [3.8, 4) is 0 Å². The number of hydrogen-bond acceptors (Lipinski definition) is 1. The molecule has 0 aliphatic heterocycles. The highest BCUT2D eigenvalue weighted by molar-refractivity contribution is 4.94. The Labute approximate surface area is 95.8 Å². The lowest BCUT2D eigenvalue weighted by atomic mass is 9.56. The normalized spacial score (nSPS) is 41.8. The van der Waals surface area contributed by atoms with Crippen molar-refractivity contribution < 1.29 is 0 Å². The molecule has 0 bridgehead atoms. The molecule has 2 N–H and O–H groups in total. The van der Waals surface area contributed by atoms with Gasteiger partial charge in [-0.25, -0.2) is 0 Å². The lowest BCUT2D eigenvalue weighted by Gasteiger charge is -2.49. The SMILES string of the molecule is CCCC1CCC(CC)C(C)[C@]1(C)CN. The van der Waals surface area contributed by atoms with E-state index in [9.17, 15) is 0 Å². The average molecular weight is 211 g/mol. The molecule has 0 saturated heterocycles. The fourth-order valence-electron chi connectivity index (χ4n) is 3.64. The highest BCUT2D eigenvalue weighted by Crippen LogP contribution is 2.49. The molecule has 0 amide bonds. The van der Waals surface area contributed by atoms with Crippen LogP contribution in [0.4, 0.5) is 0 Å². The topological polar surface area (TPSA) is 26.0 Å². The highest BCUT2D eigenvalue weighted by atomic mass is 14.6. The minimum Gasteiger partial charge on any atom is -0.330 e. The Kier molecular flexibility index (Phi) is 4.64. The van der Waals surface area contributed by atoms with Gasteiger partial charge in [-0.05, 0) is 42.6 Å². The van der Waals surface area contributed by atoms with Crippen LogP contribution in [0.1, 0.15) is 59.8 Å². The van der Waals surface area contributed by atoms with Crippen molar-refractivity contribution in [1.82, 2.24) is 0 Å². The van der Waals surface area contributed by atoms with E-state index in [0.29, 0.717) is 5.41 Å². The van der Waals surface area contributed by atoms with Crippen LogP contribution in [0.25, 0.3) is 0 Å². The number of rotatable bonds is 4. The molecule has 1 saturated carbocycles. The monoisotopic (exact) mass is 211 g/mol. The Morgan fingerprint density at radius 1 is 1.27 bits per heavy atom. The van der Waals surface area contributed by atoms with Gasteiger partial charge in [-0.15, -0.1) is 0 Å². The molecule has 1 nitrogen and oxygen atoms in total. The van der Waals surface area contributed by atoms with Gasteiger partial charge in [0.2, 0.25) is 0 Å². The number of nitrogens with two attached hydrogens (primary N) is 1. The summed E-state index contributed by atoms with van der Waals surface area (Å²) in [5.74, 6) is 2.58. The van der Waals surface area contributed by atoms with Crippen molar-refractivity contribution in [2.45, 2.75) is 59.8 Å². The Hall–Kier alpha value is -0.0400. The summed E-state index contributed by atoms with van der Waals surface area (Å²) in [4.78, 5) is 0. The summed E-state index contributed by atoms with van der Waals surface area (Å²) >= 11 is 0. The first-order valence-electron chi connectivity index (χ1n) is 6.80. The van der Waals surface area contributed by atoms with Crippen LogP contribution in [0, 0.1) is 23.2 Å². The van der Waals surface area contributed by atoms with E-state index < -0.39 is 0 Å². The van der Waals surface area contributed by atoms with Gasteiger partial charge in [0.1, 0.15) is 0 Å². The van der Waals surface area contributed by atoms with Gasteiger partial charge >= 0.3 is 0 Å². The lowest BCUT2D eigenvalue weighted by molar-refractivity contribution is 0.00817. The second-order valence-corrected chi connectivity index (χ2v) is 5.73. The fourth-order valence-corrected chi connectivity index (χ4v) is 3.64. The van der Waals surface area contributed by atoms with Crippen molar-refractivity contribution in [2.75, 3.05) is 6.54 Å². The summed E-state index contributed by atoms with van der Waals surface area (Å²) in [6.07, 6.45) is 6.84. The second kappa shape index (κ2) is 5.34. The van der Waals surface area contributed by atoms with Gasteiger partial charge in [-0.1, -0.05) is 47.0 Å². The molecule has 0 aromatic carbocycles. The molecular formula is C14H29N. The third-order valence-corrected chi connectivity index (χ3v) is 5.17. The second-order valence-electron chi connectivity index (χ2n) is 5.73. The molecule has 1 fully saturated rings. The maximum atomic E-state index is 6.07. The van der Waals surface area contributed by atoms with E-state index in [1.807, 2.05) is 0 Å². The first-order valence-corrected chi connectivity index (χ1v) is 6.80. The predicted molar refractivity (Wildman–Crippen MR) is 67.7 cm³/mol. The van der Waals surface area contributed by atoms with Gasteiger partial charge < -0.3 is 5.73 Å². The third kappa shape index (κ3) is 2.38. The minimum absolute atomic E-state index is 0.398. The van der Waals surface area contributed by atoms with Crippen LogP contribution in [0.2, 0.25) is 0 Å². The molecule has 0 radical (unpaired) electrons. The van der Waals surface area contributed by atoms with E-state index in [1.165, 1.54) is 32.1 Å². The molecule has 3 unspecified atom stereocenters. The van der Waals surface area contributed by atoms with Gasteiger partial charge in [0.05, 0.1) is 0 Å². The molecule has 0 aromatic rings. The van der Waals surface area contributed by atoms with E-state index in [1.54, 1.807) is 0 Å². The van der Waals surface area contributed by atoms with E-state index >= 15 is 0 Å². The summed E-state index contributed by atoms with van der Waals surface area (Å²) in [6, 6.07) is 0. The van der Waals surface area contributed by atoms with Crippen molar-refractivity contribution in [1.29, 1.82) is 0 Å². The largest absolute Gasteiger partial charge is 0.330 e. The molecule has 90 valence electrons. The zero-order valence-corrected chi connectivity index (χ0v) is 11.1. The lowest BCUT2D eigenvalue weighted by Crippen LogP contribution is -2.47. The Morgan fingerprint density at radius 2 is 1.93 bits per heavy atom. The van der Waals surface area contributed by atoms with Crippen LogP contribution < -0.4 is 5.73 Å². The molecular weight excluding hydrogens is 182 g/mol. The van der Waals surface area contributed by atoms with Gasteiger partial charge in [0.15, 0.2) is 0 Å². The quantitative estimate of drug-likeness (QED) is 0.751. The van der Waals surface area contributed by atoms with Crippen LogP contribution in [-0.4, -0.2) is 6.54 Å². The molecule has 0 spiro atoms. The van der Waals surface area contributed by atoms with Gasteiger partial charge in [-0.2, -0.15) is 0 Å². The minimum atomic E-state index is 0.398. The van der Waals surface area contributed by atoms with Crippen LogP contribution >= 0.6 is 0 Å². The molecule has 0 heterocycles. The first-order chi connectivity index (χ1) is 7.10. The van der Waals surface area contributed by atoms with Gasteiger partial charge in [0, 0.05) is 0 Å². The van der Waals surface area contributed by atoms with Crippen LogP contribution in [0.5, 0.6) is 0 Å². The van der Waals surface area contributed by atoms with E-state index in [0.717, 1.165) is 24.3 Å². The molecule has 1 rings (SSSR count). The maximum absolute atomic E-state index is 6.07. The molecule has 1 aliphatic carbocycles. The van der Waals surface area contributed by atoms with E-state index in [4.69, 9.17) is 5.73 Å². The van der Waals surface area contributed by atoms with Gasteiger partial charge in [-0.3, -0.25) is 0 Å². The summed E-state index contributed by atoms with van der Waals surface area (Å²) < 4.78 is 0. The summed E-state index contributed by atoms with van der Waals surface area (Å²) in [5, 5.41) is 0. The average Bonchev–Trinajstić information content (AvgIpc) is 2.25. The summed E-state index contributed by atoms with van der Waals surface area (Å²) in [6.45, 7) is 10.4. The Bertz CT molecular complexity index is 186. The Balaban J connectivity index is 2.78. The zero-order valence-electron chi connectivity index (χ0n) is 11.1. The van der Waals surface area contributed by atoms with Crippen LogP contribution in [0.15, 0.2) is 0 Å². The van der Waals surface area contributed by atoms with Crippen molar-refractivity contribution in [2.24, 2.45) is 28.9 Å². The van der Waals surface area contributed by atoms with E-state index in [-0.39, 0.29) is 0 Å². The molecule has 4 atom stereocenters. The number of hydrogen-bond donors (Lipinski definition) is 1. The van der Waals surface area contributed by atoms with Crippen LogP contribution in [-0.2, 0) is 0 Å². The van der Waals surface area contributed by atoms with Crippen molar-refractivity contribution in [3.63, 3.8) is 0 Å². The maximum Gasteiger partial charge on any atom is -0.00179 e. The first kappa shape index (κ1) is 13.0. The Morgan fingerprint density at radius 3 is 2.40 bits per heavy atom. The zero-order chi connectivity index (χ0) is 11.5. The molecule has 0 aromatic heterocycles. The smallest absolute Gasteiger partial charge is 0.00179 e.